The smallest absolute Gasteiger partial charge is 0.227 e. The molecule has 4 heteroatoms. The topological polar surface area (TPSA) is 49.4 Å². The maximum atomic E-state index is 12.2. The summed E-state index contributed by atoms with van der Waals surface area (Å²) < 4.78 is 0. The maximum Gasteiger partial charge on any atom is 0.227 e. The first kappa shape index (κ1) is 16.3. The lowest BCUT2D eigenvalue weighted by atomic mass is 9.88. The molecule has 0 bridgehead atoms. The van der Waals surface area contributed by atoms with E-state index in [2.05, 4.69) is 5.32 Å². The van der Waals surface area contributed by atoms with Gasteiger partial charge in [0.15, 0.2) is 0 Å². The predicted molar refractivity (Wildman–Crippen MR) is 83.8 cm³/mol. The van der Waals surface area contributed by atoms with Gasteiger partial charge in [-0.15, -0.1) is 0 Å². The van der Waals surface area contributed by atoms with E-state index in [1.54, 1.807) is 0 Å². The minimum absolute atomic E-state index is 0.222. The van der Waals surface area contributed by atoms with Crippen LogP contribution in [0.15, 0.2) is 0 Å². The molecule has 1 saturated carbocycles. The summed E-state index contributed by atoms with van der Waals surface area (Å²) in [4.78, 5) is 26.4. The van der Waals surface area contributed by atoms with E-state index >= 15 is 0 Å². The second-order valence-electron chi connectivity index (χ2n) is 7.66. The molecule has 0 spiro atoms. The fraction of sp³-hybridized carbons (Fsp3) is 0.882. The summed E-state index contributed by atoms with van der Waals surface area (Å²) in [7, 11) is 0. The predicted octanol–water partition coefficient (Wildman–Crippen LogP) is 2.72. The van der Waals surface area contributed by atoms with Crippen LogP contribution in [0.5, 0.6) is 0 Å². The summed E-state index contributed by atoms with van der Waals surface area (Å²) in [6.07, 6.45) is 7.53. The van der Waals surface area contributed by atoms with Gasteiger partial charge in [-0.3, -0.25) is 9.59 Å². The number of nitrogens with zero attached hydrogens (tertiary/aromatic N) is 1. The number of carbonyl (C=O) groups is 2. The molecule has 1 saturated heterocycles. The number of hydrogen-bond acceptors (Lipinski definition) is 2. The fourth-order valence-corrected chi connectivity index (χ4v) is 3.39. The van der Waals surface area contributed by atoms with Crippen molar-refractivity contribution in [2.45, 2.75) is 71.8 Å². The number of nitrogens with one attached hydrogen (secondary N) is 1. The van der Waals surface area contributed by atoms with Gasteiger partial charge in [0.25, 0.3) is 0 Å². The van der Waals surface area contributed by atoms with Gasteiger partial charge < -0.3 is 10.2 Å². The Hall–Kier alpha value is -1.06. The zero-order valence-electron chi connectivity index (χ0n) is 13.8. The Balaban J connectivity index is 1.76. The van der Waals surface area contributed by atoms with Crippen LogP contribution in [0.1, 0.15) is 65.7 Å². The molecular weight excluding hydrogens is 264 g/mol. The number of amides is 2. The Kier molecular flexibility index (Phi) is 5.28. The highest BCUT2D eigenvalue weighted by Gasteiger charge is 2.31. The highest BCUT2D eigenvalue weighted by atomic mass is 16.2. The highest BCUT2D eigenvalue weighted by molar-refractivity contribution is 5.82. The molecule has 2 rings (SSSR count). The minimum Gasteiger partial charge on any atom is -0.353 e. The van der Waals surface area contributed by atoms with Crippen LogP contribution in [0.3, 0.4) is 0 Å². The normalized spacial score (nSPS) is 22.1. The van der Waals surface area contributed by atoms with Crippen molar-refractivity contribution >= 4 is 11.8 Å². The van der Waals surface area contributed by atoms with Crippen LogP contribution in [0.2, 0.25) is 0 Å². The van der Waals surface area contributed by atoms with Crippen molar-refractivity contribution in [2.75, 3.05) is 13.1 Å². The van der Waals surface area contributed by atoms with Crippen LogP contribution in [-0.4, -0.2) is 35.8 Å². The maximum absolute atomic E-state index is 12.2. The number of carbonyl (C=O) groups excluding carboxylic acids is 2. The summed E-state index contributed by atoms with van der Waals surface area (Å²) in [6.45, 7) is 7.43. The molecule has 1 aliphatic heterocycles. The molecule has 0 aromatic heterocycles. The van der Waals surface area contributed by atoms with E-state index in [0.717, 1.165) is 38.8 Å². The Morgan fingerprint density at radius 2 is 1.52 bits per heavy atom. The molecule has 1 heterocycles. The van der Waals surface area contributed by atoms with E-state index in [-0.39, 0.29) is 29.2 Å². The van der Waals surface area contributed by atoms with Crippen LogP contribution in [0.4, 0.5) is 0 Å². The summed E-state index contributed by atoms with van der Waals surface area (Å²) in [6, 6.07) is 0.253. The first-order valence-corrected chi connectivity index (χ1v) is 8.47. The third kappa shape index (κ3) is 4.45. The summed E-state index contributed by atoms with van der Waals surface area (Å²) in [5, 5.41) is 3.21. The van der Waals surface area contributed by atoms with Crippen LogP contribution in [0.25, 0.3) is 0 Å². The van der Waals surface area contributed by atoms with Crippen LogP contribution >= 0.6 is 0 Å². The Morgan fingerprint density at radius 1 is 0.952 bits per heavy atom. The third-order valence-corrected chi connectivity index (χ3v) is 4.75. The molecule has 0 aromatic rings. The average Bonchev–Trinajstić information content (AvgIpc) is 2.47. The van der Waals surface area contributed by atoms with E-state index in [4.69, 9.17) is 0 Å². The largest absolute Gasteiger partial charge is 0.353 e. The first-order valence-electron chi connectivity index (χ1n) is 8.47. The van der Waals surface area contributed by atoms with Gasteiger partial charge in [0.1, 0.15) is 0 Å². The standard InChI is InChI=1S/C17H30N2O2/c1-17(2,3)16(21)19-11-9-14(10-12-19)18-15(20)13-7-5-4-6-8-13/h13-14H,4-12H2,1-3H3,(H,18,20). The molecule has 0 radical (unpaired) electrons. The van der Waals surface area contributed by atoms with Crippen LogP contribution in [0, 0.1) is 11.3 Å². The third-order valence-electron chi connectivity index (χ3n) is 4.75. The highest BCUT2D eigenvalue weighted by Crippen LogP contribution is 2.25. The number of hydrogen-bond donors (Lipinski definition) is 1. The molecule has 2 amide bonds. The number of rotatable bonds is 2. The van der Waals surface area contributed by atoms with Crippen molar-refractivity contribution in [1.82, 2.24) is 10.2 Å². The van der Waals surface area contributed by atoms with Crippen molar-refractivity contribution in [3.05, 3.63) is 0 Å². The fourth-order valence-electron chi connectivity index (χ4n) is 3.39. The van der Waals surface area contributed by atoms with Gasteiger partial charge in [0.05, 0.1) is 0 Å². The molecule has 0 aromatic carbocycles. The molecule has 0 unspecified atom stereocenters. The number of likely N-dealkylation sites (tertiary alicyclic amines) is 1. The van der Waals surface area contributed by atoms with Gasteiger partial charge in [0, 0.05) is 30.5 Å². The van der Waals surface area contributed by atoms with E-state index in [1.807, 2.05) is 25.7 Å². The summed E-state index contributed by atoms with van der Waals surface area (Å²) in [5.74, 6) is 0.697. The minimum atomic E-state index is -0.307. The summed E-state index contributed by atoms with van der Waals surface area (Å²) in [5.41, 5.74) is -0.307. The second kappa shape index (κ2) is 6.80. The van der Waals surface area contributed by atoms with Gasteiger partial charge in [0.2, 0.25) is 11.8 Å². The molecule has 1 N–H and O–H groups in total. The second-order valence-corrected chi connectivity index (χ2v) is 7.66. The van der Waals surface area contributed by atoms with Crippen LogP contribution < -0.4 is 5.32 Å². The Morgan fingerprint density at radius 3 is 2.05 bits per heavy atom. The quantitative estimate of drug-likeness (QED) is 0.851. The van der Waals surface area contributed by atoms with Crippen molar-refractivity contribution in [3.63, 3.8) is 0 Å². The molecule has 21 heavy (non-hydrogen) atoms. The molecular formula is C17H30N2O2. The molecule has 120 valence electrons. The van der Waals surface area contributed by atoms with Crippen molar-refractivity contribution in [1.29, 1.82) is 0 Å². The Bertz CT molecular complexity index is 373. The molecule has 4 nitrogen and oxygen atoms in total. The molecule has 2 aliphatic rings. The molecule has 1 aliphatic carbocycles. The Labute approximate surface area is 128 Å². The molecule has 2 fully saturated rings. The molecule has 0 atom stereocenters. The van der Waals surface area contributed by atoms with Gasteiger partial charge >= 0.3 is 0 Å². The van der Waals surface area contributed by atoms with E-state index < -0.39 is 0 Å². The zero-order chi connectivity index (χ0) is 15.5. The monoisotopic (exact) mass is 294 g/mol. The van der Waals surface area contributed by atoms with E-state index in [9.17, 15) is 9.59 Å². The van der Waals surface area contributed by atoms with Crippen molar-refractivity contribution in [3.8, 4) is 0 Å². The van der Waals surface area contributed by atoms with Gasteiger partial charge in [-0.05, 0) is 25.7 Å². The first-order chi connectivity index (χ1) is 9.88. The lowest BCUT2D eigenvalue weighted by molar-refractivity contribution is -0.140. The van der Waals surface area contributed by atoms with Gasteiger partial charge in [-0.1, -0.05) is 40.0 Å². The van der Waals surface area contributed by atoms with Gasteiger partial charge in [-0.25, -0.2) is 0 Å². The average molecular weight is 294 g/mol. The van der Waals surface area contributed by atoms with Crippen molar-refractivity contribution < 1.29 is 9.59 Å². The van der Waals surface area contributed by atoms with Gasteiger partial charge in [-0.2, -0.15) is 0 Å². The van der Waals surface area contributed by atoms with Crippen LogP contribution in [-0.2, 0) is 9.59 Å². The van der Waals surface area contributed by atoms with E-state index in [1.165, 1.54) is 19.3 Å². The SMILES string of the molecule is CC(C)(C)C(=O)N1CCC(NC(=O)C2CCCCC2)CC1. The lowest BCUT2D eigenvalue weighted by Crippen LogP contribution is -2.50. The lowest BCUT2D eigenvalue weighted by Gasteiger charge is -2.36. The number of piperidine rings is 1. The summed E-state index contributed by atoms with van der Waals surface area (Å²) >= 11 is 0. The van der Waals surface area contributed by atoms with Crippen molar-refractivity contribution in [2.24, 2.45) is 11.3 Å². The zero-order valence-corrected chi connectivity index (χ0v) is 13.8. The van der Waals surface area contributed by atoms with E-state index in [0.29, 0.717) is 0 Å².